The molecule has 2 aromatic rings. The zero-order valence-electron chi connectivity index (χ0n) is 12.3. The van der Waals surface area contributed by atoms with E-state index in [4.69, 9.17) is 9.84 Å². The van der Waals surface area contributed by atoms with Gasteiger partial charge in [0.25, 0.3) is 0 Å². The second kappa shape index (κ2) is 6.78. The molecule has 1 amide bonds. The molecule has 7 heteroatoms. The van der Waals surface area contributed by atoms with E-state index in [1.807, 2.05) is 24.3 Å². The maximum atomic E-state index is 12.1. The van der Waals surface area contributed by atoms with Crippen molar-refractivity contribution in [3.05, 3.63) is 45.9 Å². The van der Waals surface area contributed by atoms with Crippen LogP contribution in [-0.2, 0) is 11.3 Å². The monoisotopic (exact) mass is 332 g/mol. The number of fused-ring (bicyclic) bond motifs is 1. The smallest absolute Gasteiger partial charge is 0.355 e. The van der Waals surface area contributed by atoms with Gasteiger partial charge in [-0.2, -0.15) is 0 Å². The lowest BCUT2D eigenvalue weighted by Gasteiger charge is -2.25. The first-order valence-electron chi connectivity index (χ1n) is 7.29. The third-order valence-corrected chi connectivity index (χ3v) is 4.57. The van der Waals surface area contributed by atoms with E-state index in [9.17, 15) is 9.59 Å². The van der Waals surface area contributed by atoms with Crippen molar-refractivity contribution in [1.29, 1.82) is 0 Å². The molecule has 1 atom stereocenters. The van der Waals surface area contributed by atoms with E-state index < -0.39 is 5.97 Å². The largest absolute Gasteiger partial charge is 0.493 e. The van der Waals surface area contributed by atoms with Crippen LogP contribution in [0.3, 0.4) is 0 Å². The zero-order valence-corrected chi connectivity index (χ0v) is 13.1. The van der Waals surface area contributed by atoms with Crippen LogP contribution in [0.4, 0.5) is 0 Å². The highest BCUT2D eigenvalue weighted by Gasteiger charge is 2.23. The number of carboxylic acid groups (broad SMARTS) is 1. The minimum absolute atomic E-state index is 0.0117. The third-order valence-electron chi connectivity index (χ3n) is 3.72. The Morgan fingerprint density at radius 1 is 1.39 bits per heavy atom. The van der Waals surface area contributed by atoms with Crippen molar-refractivity contribution in [3.8, 4) is 5.75 Å². The summed E-state index contributed by atoms with van der Waals surface area (Å²) >= 11 is 1.23. The fourth-order valence-corrected chi connectivity index (χ4v) is 3.30. The molecule has 0 spiro atoms. The quantitative estimate of drug-likeness (QED) is 0.878. The molecule has 1 aromatic carbocycles. The highest BCUT2D eigenvalue weighted by atomic mass is 32.1. The van der Waals surface area contributed by atoms with Gasteiger partial charge in [-0.25, -0.2) is 9.78 Å². The van der Waals surface area contributed by atoms with Crippen LogP contribution in [0.15, 0.2) is 29.6 Å². The van der Waals surface area contributed by atoms with Gasteiger partial charge in [0.2, 0.25) is 5.91 Å². The van der Waals surface area contributed by atoms with Crippen molar-refractivity contribution in [2.24, 2.45) is 0 Å². The predicted molar refractivity (Wildman–Crippen MR) is 84.8 cm³/mol. The van der Waals surface area contributed by atoms with E-state index in [0.29, 0.717) is 18.0 Å². The highest BCUT2D eigenvalue weighted by molar-refractivity contribution is 7.09. The lowest BCUT2D eigenvalue weighted by atomic mass is 9.90. The summed E-state index contributed by atoms with van der Waals surface area (Å²) in [5, 5.41) is 13.7. The molecule has 0 saturated heterocycles. The molecule has 2 heterocycles. The molecule has 1 aromatic heterocycles. The first-order chi connectivity index (χ1) is 11.1. The number of aromatic nitrogens is 1. The van der Waals surface area contributed by atoms with Crippen LogP contribution in [0.2, 0.25) is 0 Å². The number of carbonyl (C=O) groups excluding carboxylic acids is 1. The second-order valence-electron chi connectivity index (χ2n) is 5.28. The Balaban J connectivity index is 1.56. The molecule has 0 aliphatic carbocycles. The summed E-state index contributed by atoms with van der Waals surface area (Å²) in [6, 6.07) is 7.78. The van der Waals surface area contributed by atoms with Crippen LogP contribution in [0.25, 0.3) is 0 Å². The van der Waals surface area contributed by atoms with E-state index in [1.54, 1.807) is 0 Å². The van der Waals surface area contributed by atoms with E-state index in [1.165, 1.54) is 16.7 Å². The van der Waals surface area contributed by atoms with Gasteiger partial charge < -0.3 is 15.2 Å². The summed E-state index contributed by atoms with van der Waals surface area (Å²) < 4.78 is 5.59. The van der Waals surface area contributed by atoms with Crippen molar-refractivity contribution >= 4 is 23.2 Å². The van der Waals surface area contributed by atoms with Gasteiger partial charge in [-0.3, -0.25) is 4.79 Å². The number of thiazole rings is 1. The lowest BCUT2D eigenvalue weighted by Crippen LogP contribution is -2.26. The Bertz CT molecular complexity index is 728. The van der Waals surface area contributed by atoms with E-state index in [-0.39, 0.29) is 24.1 Å². The molecule has 120 valence electrons. The Labute approximate surface area is 137 Å². The molecule has 23 heavy (non-hydrogen) atoms. The zero-order chi connectivity index (χ0) is 16.2. The summed E-state index contributed by atoms with van der Waals surface area (Å²) in [7, 11) is 0. The SMILES string of the molecule is O=C(CC1CCOc2ccccc21)NCc1nc(C(=O)O)cs1. The number of carbonyl (C=O) groups is 2. The first kappa shape index (κ1) is 15.5. The van der Waals surface area contributed by atoms with Crippen molar-refractivity contribution in [3.63, 3.8) is 0 Å². The van der Waals surface area contributed by atoms with Crippen LogP contribution < -0.4 is 10.1 Å². The van der Waals surface area contributed by atoms with E-state index >= 15 is 0 Å². The Morgan fingerprint density at radius 3 is 3.00 bits per heavy atom. The standard InChI is InChI=1S/C16H16N2O4S/c19-14(17-8-15-18-12(9-23-15)16(20)21)7-10-5-6-22-13-4-2-1-3-11(10)13/h1-4,9-10H,5-8H2,(H,17,19)(H,20,21). The molecule has 0 radical (unpaired) electrons. The Kier molecular flexibility index (Phi) is 4.57. The molecular weight excluding hydrogens is 316 g/mol. The number of carboxylic acids is 1. The number of aromatic carboxylic acids is 1. The Morgan fingerprint density at radius 2 is 2.22 bits per heavy atom. The molecular formula is C16H16N2O4S. The van der Waals surface area contributed by atoms with Gasteiger partial charge in [-0.05, 0) is 24.0 Å². The van der Waals surface area contributed by atoms with Gasteiger partial charge in [-0.15, -0.1) is 11.3 Å². The van der Waals surface area contributed by atoms with Crippen LogP contribution in [0.5, 0.6) is 5.75 Å². The van der Waals surface area contributed by atoms with Crippen LogP contribution in [0, 0.1) is 0 Å². The van der Waals surface area contributed by atoms with E-state index in [0.717, 1.165) is 17.7 Å². The molecule has 0 bridgehead atoms. The topological polar surface area (TPSA) is 88.5 Å². The number of hydrogen-bond donors (Lipinski definition) is 2. The first-order valence-corrected chi connectivity index (χ1v) is 8.17. The van der Waals surface area contributed by atoms with Gasteiger partial charge in [0.15, 0.2) is 5.69 Å². The summed E-state index contributed by atoms with van der Waals surface area (Å²) in [5.41, 5.74) is 1.08. The fourth-order valence-electron chi connectivity index (χ4n) is 2.59. The average molecular weight is 332 g/mol. The fraction of sp³-hybridized carbons (Fsp3) is 0.312. The predicted octanol–water partition coefficient (Wildman–Crippen LogP) is 2.41. The Hall–Kier alpha value is -2.41. The lowest BCUT2D eigenvalue weighted by molar-refractivity contribution is -0.121. The number of ether oxygens (including phenoxy) is 1. The minimum atomic E-state index is -1.06. The van der Waals surface area contributed by atoms with Gasteiger partial charge >= 0.3 is 5.97 Å². The third kappa shape index (κ3) is 3.68. The minimum Gasteiger partial charge on any atom is -0.493 e. The number of benzene rings is 1. The number of para-hydroxylation sites is 1. The summed E-state index contributed by atoms with van der Waals surface area (Å²) in [4.78, 5) is 26.9. The molecule has 0 saturated carbocycles. The van der Waals surface area contributed by atoms with Crippen molar-refractivity contribution in [1.82, 2.24) is 10.3 Å². The summed E-state index contributed by atoms with van der Waals surface area (Å²) in [6.07, 6.45) is 1.20. The number of amides is 1. The molecule has 1 aliphatic heterocycles. The van der Waals surface area contributed by atoms with Crippen molar-refractivity contribution in [2.45, 2.75) is 25.3 Å². The number of nitrogens with zero attached hydrogens (tertiary/aromatic N) is 1. The second-order valence-corrected chi connectivity index (χ2v) is 6.23. The maximum absolute atomic E-state index is 12.1. The molecule has 3 rings (SSSR count). The molecule has 1 aliphatic rings. The molecule has 1 unspecified atom stereocenters. The van der Waals surface area contributed by atoms with Crippen molar-refractivity contribution in [2.75, 3.05) is 6.61 Å². The number of nitrogens with one attached hydrogen (secondary N) is 1. The van der Waals surface area contributed by atoms with Gasteiger partial charge in [0, 0.05) is 11.8 Å². The van der Waals surface area contributed by atoms with Gasteiger partial charge in [0.1, 0.15) is 10.8 Å². The van der Waals surface area contributed by atoms with Gasteiger partial charge in [0.05, 0.1) is 13.2 Å². The molecule has 0 fully saturated rings. The summed E-state index contributed by atoms with van der Waals surface area (Å²) in [6.45, 7) is 0.866. The van der Waals surface area contributed by atoms with Crippen LogP contribution >= 0.6 is 11.3 Å². The number of hydrogen-bond acceptors (Lipinski definition) is 5. The van der Waals surface area contributed by atoms with E-state index in [2.05, 4.69) is 10.3 Å². The molecule has 2 N–H and O–H groups in total. The van der Waals surface area contributed by atoms with Crippen LogP contribution in [0.1, 0.15) is 39.8 Å². The normalized spacial score (nSPS) is 16.3. The van der Waals surface area contributed by atoms with Crippen molar-refractivity contribution < 1.29 is 19.4 Å². The summed E-state index contributed by atoms with van der Waals surface area (Å²) in [5.74, 6) is -0.134. The number of rotatable bonds is 5. The van der Waals surface area contributed by atoms with Gasteiger partial charge in [-0.1, -0.05) is 18.2 Å². The highest BCUT2D eigenvalue weighted by Crippen LogP contribution is 2.35. The average Bonchev–Trinajstić information content (AvgIpc) is 3.03. The molecule has 6 nitrogen and oxygen atoms in total. The van der Waals surface area contributed by atoms with Crippen LogP contribution in [-0.4, -0.2) is 28.6 Å². The maximum Gasteiger partial charge on any atom is 0.355 e.